The van der Waals surface area contributed by atoms with Crippen LogP contribution in [0.5, 0.6) is 11.5 Å². The maximum atomic E-state index is 12.3. The molecule has 2 amide bonds. The van der Waals surface area contributed by atoms with Crippen molar-refractivity contribution in [2.45, 2.75) is 26.3 Å². The highest BCUT2D eigenvalue weighted by molar-refractivity contribution is 5.99. The van der Waals surface area contributed by atoms with Crippen LogP contribution in [0.25, 0.3) is 0 Å². The predicted molar refractivity (Wildman–Crippen MR) is 90.9 cm³/mol. The first-order chi connectivity index (χ1) is 11.8. The third-order valence-electron chi connectivity index (χ3n) is 3.40. The monoisotopic (exact) mass is 352 g/mol. The van der Waals surface area contributed by atoms with E-state index < -0.39 is 23.8 Å². The fourth-order valence-electron chi connectivity index (χ4n) is 2.26. The summed E-state index contributed by atoms with van der Waals surface area (Å²) in [5.74, 6) is -1.46. The second-order valence-corrected chi connectivity index (χ2v) is 5.81. The molecule has 0 aliphatic heterocycles. The molecule has 0 radical (unpaired) electrons. The van der Waals surface area contributed by atoms with E-state index in [9.17, 15) is 14.4 Å². The molecule has 0 aliphatic rings. The average Bonchev–Trinajstić information content (AvgIpc) is 2.57. The van der Waals surface area contributed by atoms with Gasteiger partial charge in [0.05, 0.1) is 26.3 Å². The largest absolute Gasteiger partial charge is 0.493 e. The highest BCUT2D eigenvalue weighted by atomic mass is 16.5. The summed E-state index contributed by atoms with van der Waals surface area (Å²) in [7, 11) is 2.86. The van der Waals surface area contributed by atoms with Crippen LogP contribution in [-0.4, -0.2) is 49.7 Å². The number of benzene rings is 1. The summed E-state index contributed by atoms with van der Waals surface area (Å²) < 4.78 is 10.3. The highest BCUT2D eigenvalue weighted by Crippen LogP contribution is 2.30. The van der Waals surface area contributed by atoms with E-state index in [-0.39, 0.29) is 23.8 Å². The normalized spacial score (nSPS) is 11.6. The minimum absolute atomic E-state index is 0.108. The summed E-state index contributed by atoms with van der Waals surface area (Å²) in [6.07, 6.45) is 0.304. The summed E-state index contributed by atoms with van der Waals surface area (Å²) in [4.78, 5) is 35.3. The first-order valence-electron chi connectivity index (χ1n) is 7.81. The quantitative estimate of drug-likeness (QED) is 0.612. The van der Waals surface area contributed by atoms with E-state index in [1.54, 1.807) is 12.1 Å². The Morgan fingerprint density at radius 3 is 2.36 bits per heavy atom. The number of ether oxygens (including phenoxy) is 2. The van der Waals surface area contributed by atoms with E-state index >= 15 is 0 Å². The number of carboxylic acid groups (broad SMARTS) is 1. The van der Waals surface area contributed by atoms with Gasteiger partial charge in [-0.25, -0.2) is 4.79 Å². The van der Waals surface area contributed by atoms with Gasteiger partial charge in [0.2, 0.25) is 5.91 Å². The van der Waals surface area contributed by atoms with Gasteiger partial charge in [-0.05, 0) is 24.5 Å². The minimum Gasteiger partial charge on any atom is -0.493 e. The summed E-state index contributed by atoms with van der Waals surface area (Å²) in [6, 6.07) is 3.81. The smallest absolute Gasteiger partial charge is 0.326 e. The van der Waals surface area contributed by atoms with E-state index in [2.05, 4.69) is 10.6 Å². The molecule has 0 aliphatic carbocycles. The average molecular weight is 352 g/mol. The Balaban J connectivity index is 2.70. The van der Waals surface area contributed by atoms with Crippen LogP contribution in [0.2, 0.25) is 0 Å². The van der Waals surface area contributed by atoms with Gasteiger partial charge in [0, 0.05) is 0 Å². The number of hydrogen-bond acceptors (Lipinski definition) is 5. The van der Waals surface area contributed by atoms with Gasteiger partial charge < -0.3 is 25.2 Å². The van der Waals surface area contributed by atoms with Crippen LogP contribution in [0, 0.1) is 5.92 Å². The van der Waals surface area contributed by atoms with Crippen molar-refractivity contribution in [3.05, 3.63) is 23.8 Å². The lowest BCUT2D eigenvalue weighted by Gasteiger charge is -2.17. The standard InChI is InChI=1S/C17H24N2O6/c1-10(2)8-12(17(22)23)19-14(20)9-18-16(21)11-6-5-7-13(24-3)15(11)25-4/h5-7,10,12H,8-9H2,1-4H3,(H,18,21)(H,19,20)(H,22,23)/t12-/m0/s1. The molecule has 0 saturated carbocycles. The number of carbonyl (C=O) groups is 3. The van der Waals surface area contributed by atoms with Gasteiger partial charge in [-0.2, -0.15) is 0 Å². The van der Waals surface area contributed by atoms with Crippen LogP contribution in [0.1, 0.15) is 30.6 Å². The van der Waals surface area contributed by atoms with Crippen molar-refractivity contribution in [3.63, 3.8) is 0 Å². The lowest BCUT2D eigenvalue weighted by molar-refractivity contribution is -0.142. The molecular formula is C17H24N2O6. The zero-order valence-electron chi connectivity index (χ0n) is 14.8. The molecule has 0 unspecified atom stereocenters. The molecule has 1 atom stereocenters. The number of rotatable bonds is 9. The second kappa shape index (κ2) is 9.51. The number of carbonyl (C=O) groups excluding carboxylic acids is 2. The summed E-state index contributed by atoms with van der Waals surface area (Å²) >= 11 is 0. The third kappa shape index (κ3) is 5.98. The van der Waals surface area contributed by atoms with Gasteiger partial charge in [0.25, 0.3) is 5.91 Å². The Morgan fingerprint density at radius 2 is 1.84 bits per heavy atom. The zero-order valence-corrected chi connectivity index (χ0v) is 14.8. The van der Waals surface area contributed by atoms with Gasteiger partial charge in [-0.1, -0.05) is 19.9 Å². The van der Waals surface area contributed by atoms with E-state index in [1.165, 1.54) is 20.3 Å². The zero-order chi connectivity index (χ0) is 19.0. The van der Waals surface area contributed by atoms with E-state index in [0.717, 1.165) is 0 Å². The van der Waals surface area contributed by atoms with Crippen LogP contribution in [0.4, 0.5) is 0 Å². The molecule has 0 fully saturated rings. The van der Waals surface area contributed by atoms with E-state index in [1.807, 2.05) is 13.8 Å². The molecule has 25 heavy (non-hydrogen) atoms. The molecule has 1 aromatic rings. The number of hydrogen-bond donors (Lipinski definition) is 3. The first kappa shape index (κ1) is 20.3. The third-order valence-corrected chi connectivity index (χ3v) is 3.40. The lowest BCUT2D eigenvalue weighted by atomic mass is 10.0. The Labute approximate surface area is 146 Å². The van der Waals surface area contributed by atoms with Gasteiger partial charge in [-0.3, -0.25) is 9.59 Å². The number of methoxy groups -OCH3 is 2. The minimum atomic E-state index is -1.11. The maximum absolute atomic E-state index is 12.3. The molecule has 0 heterocycles. The molecule has 138 valence electrons. The SMILES string of the molecule is COc1cccc(C(=O)NCC(=O)N[C@@H](CC(C)C)C(=O)O)c1OC. The van der Waals surface area contributed by atoms with Crippen LogP contribution in [0.15, 0.2) is 18.2 Å². The Hall–Kier alpha value is -2.77. The van der Waals surface area contributed by atoms with Crippen LogP contribution in [-0.2, 0) is 9.59 Å². The van der Waals surface area contributed by atoms with E-state index in [0.29, 0.717) is 12.2 Å². The molecule has 8 heteroatoms. The van der Waals surface area contributed by atoms with Gasteiger partial charge >= 0.3 is 5.97 Å². The Kier molecular flexibility index (Phi) is 7.71. The highest BCUT2D eigenvalue weighted by Gasteiger charge is 2.22. The summed E-state index contributed by atoms with van der Waals surface area (Å²) in [5, 5.41) is 14.0. The number of carboxylic acids is 1. The van der Waals surface area contributed by atoms with Gasteiger partial charge in [-0.15, -0.1) is 0 Å². The second-order valence-electron chi connectivity index (χ2n) is 5.81. The van der Waals surface area contributed by atoms with Crippen molar-refractivity contribution in [1.82, 2.24) is 10.6 Å². The van der Waals surface area contributed by atoms with Crippen LogP contribution >= 0.6 is 0 Å². The molecule has 0 bridgehead atoms. The maximum Gasteiger partial charge on any atom is 0.326 e. The van der Waals surface area contributed by atoms with Crippen LogP contribution in [0.3, 0.4) is 0 Å². The summed E-state index contributed by atoms with van der Waals surface area (Å²) in [6.45, 7) is 3.37. The molecule has 1 rings (SSSR count). The fourth-order valence-corrected chi connectivity index (χ4v) is 2.26. The van der Waals surface area contributed by atoms with E-state index in [4.69, 9.17) is 14.6 Å². The fraction of sp³-hybridized carbons (Fsp3) is 0.471. The van der Waals surface area contributed by atoms with Crippen molar-refractivity contribution in [2.75, 3.05) is 20.8 Å². The first-order valence-corrected chi connectivity index (χ1v) is 7.81. The molecule has 0 saturated heterocycles. The predicted octanol–water partition coefficient (Wildman–Crippen LogP) is 1.05. The Morgan fingerprint density at radius 1 is 1.16 bits per heavy atom. The van der Waals surface area contributed by atoms with Crippen molar-refractivity contribution < 1.29 is 29.0 Å². The number of nitrogens with one attached hydrogen (secondary N) is 2. The summed E-state index contributed by atoms with van der Waals surface area (Å²) in [5.41, 5.74) is 0.214. The molecule has 8 nitrogen and oxygen atoms in total. The number of para-hydroxylation sites is 1. The Bertz CT molecular complexity index is 630. The van der Waals surface area contributed by atoms with Crippen molar-refractivity contribution in [1.29, 1.82) is 0 Å². The number of amides is 2. The topological polar surface area (TPSA) is 114 Å². The van der Waals surface area contributed by atoms with Crippen molar-refractivity contribution in [3.8, 4) is 11.5 Å². The number of aliphatic carboxylic acids is 1. The van der Waals surface area contributed by atoms with Gasteiger partial charge in [0.15, 0.2) is 11.5 Å². The van der Waals surface area contributed by atoms with Crippen LogP contribution < -0.4 is 20.1 Å². The molecule has 1 aromatic carbocycles. The molecule has 0 aromatic heterocycles. The van der Waals surface area contributed by atoms with Gasteiger partial charge in [0.1, 0.15) is 6.04 Å². The lowest BCUT2D eigenvalue weighted by Crippen LogP contribution is -2.46. The molecular weight excluding hydrogens is 328 g/mol. The van der Waals surface area contributed by atoms with Crippen molar-refractivity contribution in [2.24, 2.45) is 5.92 Å². The molecule has 0 spiro atoms. The molecule has 3 N–H and O–H groups in total. The van der Waals surface area contributed by atoms with Crippen molar-refractivity contribution >= 4 is 17.8 Å².